The molecule has 1 atom stereocenters. The van der Waals surface area contributed by atoms with Crippen LogP contribution >= 0.6 is 15.9 Å². The highest BCUT2D eigenvalue weighted by molar-refractivity contribution is 9.10. The third-order valence-corrected chi connectivity index (χ3v) is 7.99. The van der Waals surface area contributed by atoms with Crippen molar-refractivity contribution in [1.82, 2.24) is 9.21 Å². The van der Waals surface area contributed by atoms with Crippen molar-refractivity contribution in [2.45, 2.75) is 30.2 Å². The van der Waals surface area contributed by atoms with Gasteiger partial charge in [-0.05, 0) is 71.1 Å². The molecule has 1 saturated heterocycles. The Kier molecular flexibility index (Phi) is 6.65. The number of benzene rings is 2. The third kappa shape index (κ3) is 4.65. The summed E-state index contributed by atoms with van der Waals surface area (Å²) in [6.45, 7) is 0.666. The number of halogens is 1. The summed E-state index contributed by atoms with van der Waals surface area (Å²) < 4.78 is 32.0. The number of rotatable bonds is 6. The number of hydrogen-bond acceptors (Lipinski definition) is 4. The van der Waals surface area contributed by atoms with Crippen molar-refractivity contribution in [3.63, 3.8) is 0 Å². The van der Waals surface area contributed by atoms with Crippen LogP contribution in [0.5, 0.6) is 5.75 Å². The van der Waals surface area contributed by atoms with E-state index in [1.54, 1.807) is 19.2 Å². The summed E-state index contributed by atoms with van der Waals surface area (Å²) in [4.78, 5) is 15.2. The molecule has 1 fully saturated rings. The highest BCUT2D eigenvalue weighted by atomic mass is 79.9. The van der Waals surface area contributed by atoms with Crippen LogP contribution in [0.4, 0.5) is 0 Å². The standard InChI is InChI=1S/C21H25BrN2O4S/c1-23(2)29(26,27)20-14-16(9-10-19(20)22)21(25)24-11-5-7-17(24)12-15-6-4-8-18(13-15)28-3/h4,6,8-10,13-14,17H,5,7,11-12H2,1-3H3. The highest BCUT2D eigenvalue weighted by Crippen LogP contribution is 2.28. The van der Waals surface area contributed by atoms with Crippen LogP contribution in [0.15, 0.2) is 51.8 Å². The van der Waals surface area contributed by atoms with Gasteiger partial charge in [-0.25, -0.2) is 12.7 Å². The summed E-state index contributed by atoms with van der Waals surface area (Å²) in [7, 11) is 0.928. The normalized spacial score (nSPS) is 17.0. The minimum atomic E-state index is -3.66. The molecule has 1 heterocycles. The lowest BCUT2D eigenvalue weighted by atomic mass is 10.0. The van der Waals surface area contributed by atoms with Gasteiger partial charge in [-0.1, -0.05) is 12.1 Å². The average Bonchev–Trinajstić information content (AvgIpc) is 3.15. The second kappa shape index (κ2) is 8.85. The summed E-state index contributed by atoms with van der Waals surface area (Å²) >= 11 is 3.29. The topological polar surface area (TPSA) is 66.9 Å². The minimum absolute atomic E-state index is 0.0761. The zero-order chi connectivity index (χ0) is 21.2. The maximum Gasteiger partial charge on any atom is 0.254 e. The van der Waals surface area contributed by atoms with Gasteiger partial charge >= 0.3 is 0 Å². The van der Waals surface area contributed by atoms with Crippen molar-refractivity contribution >= 4 is 31.9 Å². The monoisotopic (exact) mass is 480 g/mol. The number of amides is 1. The molecule has 1 amide bonds. The summed E-state index contributed by atoms with van der Waals surface area (Å²) in [6, 6.07) is 12.7. The van der Waals surface area contributed by atoms with Gasteiger partial charge in [-0.2, -0.15) is 0 Å². The van der Waals surface area contributed by atoms with Gasteiger partial charge in [0.2, 0.25) is 10.0 Å². The number of nitrogens with zero attached hydrogens (tertiary/aromatic N) is 2. The van der Waals surface area contributed by atoms with E-state index in [4.69, 9.17) is 4.74 Å². The van der Waals surface area contributed by atoms with Crippen LogP contribution in [0, 0.1) is 0 Å². The number of ether oxygens (including phenoxy) is 1. The maximum atomic E-state index is 13.2. The van der Waals surface area contributed by atoms with Gasteiger partial charge in [0.05, 0.1) is 12.0 Å². The molecule has 1 unspecified atom stereocenters. The zero-order valence-corrected chi connectivity index (χ0v) is 19.2. The fourth-order valence-electron chi connectivity index (χ4n) is 3.58. The first-order valence-corrected chi connectivity index (χ1v) is 11.6. The lowest BCUT2D eigenvalue weighted by molar-refractivity contribution is 0.0736. The Balaban J connectivity index is 1.85. The molecule has 0 spiro atoms. The number of hydrogen-bond donors (Lipinski definition) is 0. The van der Waals surface area contributed by atoms with Crippen LogP contribution in [0.1, 0.15) is 28.8 Å². The number of sulfonamides is 1. The maximum absolute atomic E-state index is 13.2. The molecule has 1 aliphatic rings. The molecule has 1 aliphatic heterocycles. The fraction of sp³-hybridized carbons (Fsp3) is 0.381. The Labute approximate surface area is 180 Å². The quantitative estimate of drug-likeness (QED) is 0.633. The molecule has 0 aliphatic carbocycles. The first kappa shape index (κ1) is 21.8. The number of methoxy groups -OCH3 is 1. The van der Waals surface area contributed by atoms with Gasteiger partial charge < -0.3 is 9.64 Å². The average molecular weight is 481 g/mol. The first-order valence-electron chi connectivity index (χ1n) is 9.40. The Morgan fingerprint density at radius 3 is 2.69 bits per heavy atom. The van der Waals surface area contributed by atoms with E-state index in [0.717, 1.165) is 34.9 Å². The van der Waals surface area contributed by atoms with Gasteiger partial charge in [-0.3, -0.25) is 4.79 Å². The van der Waals surface area contributed by atoms with Crippen LogP contribution in [0.3, 0.4) is 0 Å². The van der Waals surface area contributed by atoms with Crippen LogP contribution in [0.25, 0.3) is 0 Å². The van der Waals surface area contributed by atoms with Crippen molar-refractivity contribution in [2.24, 2.45) is 0 Å². The van der Waals surface area contributed by atoms with E-state index in [1.165, 1.54) is 20.2 Å². The Morgan fingerprint density at radius 2 is 2.00 bits per heavy atom. The SMILES string of the molecule is COc1cccc(CC2CCCN2C(=O)c2ccc(Br)c(S(=O)(=O)N(C)C)c2)c1. The first-order chi connectivity index (χ1) is 13.7. The van der Waals surface area contributed by atoms with E-state index < -0.39 is 10.0 Å². The molecular formula is C21H25BrN2O4S. The van der Waals surface area contributed by atoms with E-state index in [2.05, 4.69) is 15.9 Å². The van der Waals surface area contributed by atoms with E-state index in [9.17, 15) is 13.2 Å². The van der Waals surface area contributed by atoms with Crippen molar-refractivity contribution in [3.8, 4) is 5.75 Å². The predicted molar refractivity (Wildman–Crippen MR) is 116 cm³/mol. The van der Waals surface area contributed by atoms with Crippen LogP contribution in [-0.4, -0.2) is 57.3 Å². The van der Waals surface area contributed by atoms with E-state index in [-0.39, 0.29) is 16.8 Å². The molecule has 2 aromatic carbocycles. The summed E-state index contributed by atoms with van der Waals surface area (Å²) in [5.41, 5.74) is 1.49. The molecule has 0 bridgehead atoms. The smallest absolute Gasteiger partial charge is 0.254 e. The van der Waals surface area contributed by atoms with Crippen molar-refractivity contribution < 1.29 is 17.9 Å². The van der Waals surface area contributed by atoms with Gasteiger partial charge in [-0.15, -0.1) is 0 Å². The third-order valence-electron chi connectivity index (χ3n) is 5.18. The molecular weight excluding hydrogens is 456 g/mol. The van der Waals surface area contributed by atoms with Crippen molar-refractivity contribution in [1.29, 1.82) is 0 Å². The van der Waals surface area contributed by atoms with E-state index in [1.807, 2.05) is 29.2 Å². The molecule has 0 saturated carbocycles. The lowest BCUT2D eigenvalue weighted by Crippen LogP contribution is -2.37. The predicted octanol–water partition coefficient (Wildman–Crippen LogP) is 3.56. The molecule has 0 radical (unpaired) electrons. The van der Waals surface area contributed by atoms with Gasteiger partial charge in [0.1, 0.15) is 5.75 Å². The van der Waals surface area contributed by atoms with Crippen LogP contribution < -0.4 is 4.74 Å². The van der Waals surface area contributed by atoms with E-state index in [0.29, 0.717) is 16.6 Å². The Bertz CT molecular complexity index is 1010. The fourth-order valence-corrected chi connectivity index (χ4v) is 5.43. The Morgan fingerprint density at radius 1 is 1.24 bits per heavy atom. The second-order valence-electron chi connectivity index (χ2n) is 7.28. The van der Waals surface area contributed by atoms with E-state index >= 15 is 0 Å². The zero-order valence-electron chi connectivity index (χ0n) is 16.8. The summed E-state index contributed by atoms with van der Waals surface area (Å²) in [5, 5.41) is 0. The van der Waals surface area contributed by atoms with Gasteiger partial charge in [0, 0.05) is 36.7 Å². The summed E-state index contributed by atoms with van der Waals surface area (Å²) in [6.07, 6.45) is 2.59. The van der Waals surface area contributed by atoms with Crippen LogP contribution in [-0.2, 0) is 16.4 Å². The molecule has 3 rings (SSSR count). The number of carbonyl (C=O) groups is 1. The van der Waals surface area contributed by atoms with Crippen molar-refractivity contribution in [3.05, 3.63) is 58.1 Å². The van der Waals surface area contributed by atoms with Crippen LogP contribution in [0.2, 0.25) is 0 Å². The number of carbonyl (C=O) groups excluding carboxylic acids is 1. The molecule has 156 valence electrons. The van der Waals surface area contributed by atoms with Gasteiger partial charge in [0.25, 0.3) is 5.91 Å². The minimum Gasteiger partial charge on any atom is -0.497 e. The Hall–Kier alpha value is -1.90. The van der Waals surface area contributed by atoms with Gasteiger partial charge in [0.15, 0.2) is 0 Å². The summed E-state index contributed by atoms with van der Waals surface area (Å²) in [5.74, 6) is 0.655. The van der Waals surface area contributed by atoms with Crippen molar-refractivity contribution in [2.75, 3.05) is 27.7 Å². The number of likely N-dealkylation sites (tertiary alicyclic amines) is 1. The lowest BCUT2D eigenvalue weighted by Gasteiger charge is -2.25. The molecule has 6 nitrogen and oxygen atoms in total. The molecule has 8 heteroatoms. The second-order valence-corrected chi connectivity index (χ2v) is 10.3. The molecule has 0 N–H and O–H groups in total. The molecule has 29 heavy (non-hydrogen) atoms. The molecule has 2 aromatic rings. The molecule has 0 aromatic heterocycles. The highest BCUT2D eigenvalue weighted by Gasteiger charge is 2.31. The largest absolute Gasteiger partial charge is 0.497 e.